The number of rotatable bonds is 3. The van der Waals surface area contributed by atoms with Crippen molar-refractivity contribution in [3.05, 3.63) is 47.5 Å². The van der Waals surface area contributed by atoms with Gasteiger partial charge in [-0.1, -0.05) is 23.4 Å². The first kappa shape index (κ1) is 11.9. The largest absolute Gasteiger partial charge is 0.477 e. The topological polar surface area (TPSA) is 63.1 Å². The van der Waals surface area contributed by atoms with Gasteiger partial charge >= 0.3 is 5.97 Å². The van der Waals surface area contributed by atoms with Crippen LogP contribution in [0.2, 0.25) is 5.02 Å². The van der Waals surface area contributed by atoms with Gasteiger partial charge in [-0.05, 0) is 18.2 Å². The van der Waals surface area contributed by atoms with E-state index in [9.17, 15) is 4.79 Å². The van der Waals surface area contributed by atoms with Crippen molar-refractivity contribution in [2.75, 3.05) is 0 Å². The number of nitrogens with zero attached hydrogens (tertiary/aromatic N) is 2. The van der Waals surface area contributed by atoms with E-state index < -0.39 is 5.97 Å². The minimum atomic E-state index is -1.05. The van der Waals surface area contributed by atoms with Gasteiger partial charge in [0.05, 0.1) is 5.02 Å². The van der Waals surface area contributed by atoms with Crippen LogP contribution in [0.4, 0.5) is 0 Å². The SMILES string of the molecule is O=C(O)c1cc(Sc2ccncc2Cl)ccn1. The Hall–Kier alpha value is -1.59. The summed E-state index contributed by atoms with van der Waals surface area (Å²) in [5, 5.41) is 9.36. The van der Waals surface area contributed by atoms with Crippen molar-refractivity contribution in [3.63, 3.8) is 0 Å². The van der Waals surface area contributed by atoms with Crippen molar-refractivity contribution in [2.45, 2.75) is 9.79 Å². The van der Waals surface area contributed by atoms with E-state index >= 15 is 0 Å². The molecule has 2 heterocycles. The van der Waals surface area contributed by atoms with Crippen molar-refractivity contribution >= 4 is 29.3 Å². The van der Waals surface area contributed by atoms with E-state index in [1.165, 1.54) is 24.0 Å². The molecule has 0 aliphatic heterocycles. The summed E-state index contributed by atoms with van der Waals surface area (Å²) in [5.74, 6) is -1.05. The second-order valence-electron chi connectivity index (χ2n) is 3.09. The molecule has 2 aromatic heterocycles. The van der Waals surface area contributed by atoms with Crippen molar-refractivity contribution in [1.29, 1.82) is 0 Å². The number of carboxylic acid groups (broad SMARTS) is 1. The Kier molecular flexibility index (Phi) is 3.61. The molecule has 6 heteroatoms. The van der Waals surface area contributed by atoms with Gasteiger partial charge in [0.15, 0.2) is 0 Å². The maximum absolute atomic E-state index is 10.8. The second kappa shape index (κ2) is 5.16. The summed E-state index contributed by atoms with van der Waals surface area (Å²) in [6.07, 6.45) is 4.64. The van der Waals surface area contributed by atoms with E-state index in [4.69, 9.17) is 16.7 Å². The molecule has 0 unspecified atom stereocenters. The zero-order chi connectivity index (χ0) is 12.3. The molecule has 86 valence electrons. The minimum Gasteiger partial charge on any atom is -0.477 e. The number of carboxylic acids is 1. The molecule has 2 rings (SSSR count). The zero-order valence-corrected chi connectivity index (χ0v) is 10.1. The Morgan fingerprint density at radius 2 is 2.18 bits per heavy atom. The highest BCUT2D eigenvalue weighted by Crippen LogP contribution is 2.32. The molecule has 17 heavy (non-hydrogen) atoms. The Morgan fingerprint density at radius 1 is 1.35 bits per heavy atom. The number of aromatic nitrogens is 2. The van der Waals surface area contributed by atoms with Gasteiger partial charge in [0, 0.05) is 28.4 Å². The van der Waals surface area contributed by atoms with Crippen LogP contribution in [0.1, 0.15) is 10.5 Å². The molecule has 0 atom stereocenters. The number of hydrogen-bond acceptors (Lipinski definition) is 4. The predicted octanol–water partition coefficient (Wildman–Crippen LogP) is 2.98. The molecular weight excluding hydrogens is 260 g/mol. The molecule has 4 nitrogen and oxygen atoms in total. The Bertz CT molecular complexity index is 563. The smallest absolute Gasteiger partial charge is 0.354 e. The molecule has 2 aromatic rings. The maximum Gasteiger partial charge on any atom is 0.354 e. The molecule has 1 N–H and O–H groups in total. The summed E-state index contributed by atoms with van der Waals surface area (Å²) in [6.45, 7) is 0. The summed E-state index contributed by atoms with van der Waals surface area (Å²) in [6, 6.07) is 5.01. The normalized spacial score (nSPS) is 10.2. The first-order valence-corrected chi connectivity index (χ1v) is 5.83. The van der Waals surface area contributed by atoms with Gasteiger partial charge in [-0.15, -0.1) is 0 Å². The fourth-order valence-electron chi connectivity index (χ4n) is 1.16. The Morgan fingerprint density at radius 3 is 2.88 bits per heavy atom. The van der Waals surface area contributed by atoms with Gasteiger partial charge in [-0.25, -0.2) is 9.78 Å². The van der Waals surface area contributed by atoms with Crippen molar-refractivity contribution in [2.24, 2.45) is 0 Å². The number of hydrogen-bond donors (Lipinski definition) is 1. The molecule has 0 saturated heterocycles. The van der Waals surface area contributed by atoms with Crippen LogP contribution in [0.25, 0.3) is 0 Å². The molecule has 0 aliphatic rings. The average Bonchev–Trinajstić information content (AvgIpc) is 2.32. The molecule has 0 bridgehead atoms. The van der Waals surface area contributed by atoms with Crippen LogP contribution in [-0.2, 0) is 0 Å². The average molecular weight is 267 g/mol. The first-order chi connectivity index (χ1) is 8.16. The third-order valence-corrected chi connectivity index (χ3v) is 3.39. The monoisotopic (exact) mass is 266 g/mol. The standard InChI is InChI=1S/C11H7ClN2O2S/c12-8-6-13-3-2-10(8)17-7-1-4-14-9(5-7)11(15)16/h1-6H,(H,15,16). The van der Waals surface area contributed by atoms with Crippen LogP contribution < -0.4 is 0 Å². The van der Waals surface area contributed by atoms with E-state index in [0.717, 1.165) is 9.79 Å². The summed E-state index contributed by atoms with van der Waals surface area (Å²) < 4.78 is 0. The molecule has 0 fully saturated rings. The number of carbonyl (C=O) groups is 1. The van der Waals surface area contributed by atoms with Gasteiger partial charge in [0.2, 0.25) is 0 Å². The summed E-state index contributed by atoms with van der Waals surface area (Å²) in [5.41, 5.74) is 0.0141. The van der Waals surface area contributed by atoms with Crippen molar-refractivity contribution in [3.8, 4) is 0 Å². The second-order valence-corrected chi connectivity index (χ2v) is 4.61. The molecular formula is C11H7ClN2O2S. The fraction of sp³-hybridized carbons (Fsp3) is 0. The summed E-state index contributed by atoms with van der Waals surface area (Å²) in [4.78, 5) is 20.0. The number of pyridine rings is 2. The molecule has 0 aliphatic carbocycles. The van der Waals surface area contributed by atoms with Gasteiger partial charge in [0.25, 0.3) is 0 Å². The lowest BCUT2D eigenvalue weighted by atomic mass is 10.3. The maximum atomic E-state index is 10.8. The van der Waals surface area contributed by atoms with Crippen LogP contribution in [0.3, 0.4) is 0 Å². The van der Waals surface area contributed by atoms with Crippen molar-refractivity contribution in [1.82, 2.24) is 9.97 Å². The number of aromatic carboxylic acids is 1. The molecule has 0 radical (unpaired) electrons. The van der Waals surface area contributed by atoms with Crippen LogP contribution in [-0.4, -0.2) is 21.0 Å². The summed E-state index contributed by atoms with van der Waals surface area (Å²) >= 11 is 7.33. The van der Waals surface area contributed by atoms with Crippen LogP contribution >= 0.6 is 23.4 Å². The van der Waals surface area contributed by atoms with Gasteiger partial charge in [-0.2, -0.15) is 0 Å². The molecule has 0 saturated carbocycles. The lowest BCUT2D eigenvalue weighted by Crippen LogP contribution is -1.99. The van der Waals surface area contributed by atoms with Gasteiger partial charge in [-0.3, -0.25) is 4.98 Å². The molecule has 0 amide bonds. The van der Waals surface area contributed by atoms with Gasteiger partial charge < -0.3 is 5.11 Å². The highest BCUT2D eigenvalue weighted by atomic mass is 35.5. The number of halogens is 1. The third kappa shape index (κ3) is 2.95. The summed E-state index contributed by atoms with van der Waals surface area (Å²) in [7, 11) is 0. The van der Waals surface area contributed by atoms with E-state index in [2.05, 4.69) is 9.97 Å². The first-order valence-electron chi connectivity index (χ1n) is 4.63. The van der Waals surface area contributed by atoms with E-state index in [-0.39, 0.29) is 5.69 Å². The predicted molar refractivity (Wildman–Crippen MR) is 64.6 cm³/mol. The Labute approximate surface area is 107 Å². The van der Waals surface area contributed by atoms with E-state index in [1.54, 1.807) is 24.5 Å². The van der Waals surface area contributed by atoms with E-state index in [0.29, 0.717) is 5.02 Å². The van der Waals surface area contributed by atoms with Crippen LogP contribution in [0.5, 0.6) is 0 Å². The highest BCUT2D eigenvalue weighted by Gasteiger charge is 2.07. The zero-order valence-electron chi connectivity index (χ0n) is 8.50. The highest BCUT2D eigenvalue weighted by molar-refractivity contribution is 7.99. The van der Waals surface area contributed by atoms with Crippen molar-refractivity contribution < 1.29 is 9.90 Å². The molecule has 0 spiro atoms. The Balaban J connectivity index is 2.28. The lowest BCUT2D eigenvalue weighted by Gasteiger charge is -2.03. The molecule has 0 aromatic carbocycles. The van der Waals surface area contributed by atoms with Gasteiger partial charge in [0.1, 0.15) is 5.69 Å². The van der Waals surface area contributed by atoms with Crippen LogP contribution in [0.15, 0.2) is 46.6 Å². The minimum absolute atomic E-state index is 0.0141. The quantitative estimate of drug-likeness (QED) is 0.925. The lowest BCUT2D eigenvalue weighted by molar-refractivity contribution is 0.0690. The van der Waals surface area contributed by atoms with E-state index in [1.807, 2.05) is 0 Å². The fourth-order valence-corrected chi connectivity index (χ4v) is 2.23. The third-order valence-electron chi connectivity index (χ3n) is 1.91. The van der Waals surface area contributed by atoms with Crippen LogP contribution in [0, 0.1) is 0 Å².